The first kappa shape index (κ1) is 16.0. The average Bonchev–Trinajstić information content (AvgIpc) is 3.01. The Morgan fingerprint density at radius 2 is 2.00 bits per heavy atom. The van der Waals surface area contributed by atoms with Gasteiger partial charge < -0.3 is 14.4 Å². The van der Waals surface area contributed by atoms with Crippen LogP contribution in [-0.4, -0.2) is 40.8 Å². The summed E-state index contributed by atoms with van der Waals surface area (Å²) >= 11 is 0. The molecule has 0 unspecified atom stereocenters. The monoisotopic (exact) mass is 316 g/mol. The second-order valence-electron chi connectivity index (χ2n) is 6.36. The molecule has 0 radical (unpaired) electrons. The van der Waals surface area contributed by atoms with Gasteiger partial charge in [0.25, 0.3) is 0 Å². The summed E-state index contributed by atoms with van der Waals surface area (Å²) in [5, 5.41) is 10.2. The van der Waals surface area contributed by atoms with Crippen molar-refractivity contribution in [3.8, 4) is 0 Å². The third-order valence-corrected chi connectivity index (χ3v) is 4.93. The van der Waals surface area contributed by atoms with Crippen LogP contribution in [0.2, 0.25) is 0 Å². The Balaban J connectivity index is 1.95. The lowest BCUT2D eigenvalue weighted by atomic mass is 10.0. The van der Waals surface area contributed by atoms with E-state index in [4.69, 9.17) is 9.84 Å². The Morgan fingerprint density at radius 3 is 2.65 bits per heavy atom. The van der Waals surface area contributed by atoms with E-state index in [0.29, 0.717) is 6.42 Å². The average molecular weight is 316 g/mol. The molecule has 3 rings (SSSR count). The van der Waals surface area contributed by atoms with E-state index in [2.05, 4.69) is 35.6 Å². The zero-order chi connectivity index (χ0) is 16.6. The van der Waals surface area contributed by atoms with Gasteiger partial charge in [-0.2, -0.15) is 0 Å². The number of carboxylic acids is 1. The molecule has 1 aliphatic rings. The molecule has 0 atom stereocenters. The van der Waals surface area contributed by atoms with Crippen LogP contribution in [0.5, 0.6) is 0 Å². The molecule has 5 nitrogen and oxygen atoms in total. The summed E-state index contributed by atoms with van der Waals surface area (Å²) < 4.78 is 7.36. The standard InChI is InChI=1S/C18H24N2O3/c1-12-15(4-5-18(21)22)16-8-13-10-20(6-7-23-3)11-14(13)9-17(16)19(12)2/h8-9H,4-7,10-11H2,1-3H3,(H,21,22). The minimum absolute atomic E-state index is 0.178. The summed E-state index contributed by atoms with van der Waals surface area (Å²) in [6.07, 6.45) is 0.766. The van der Waals surface area contributed by atoms with Crippen molar-refractivity contribution in [2.24, 2.45) is 7.05 Å². The van der Waals surface area contributed by atoms with Crippen molar-refractivity contribution in [2.75, 3.05) is 20.3 Å². The van der Waals surface area contributed by atoms with E-state index in [9.17, 15) is 4.79 Å². The maximum absolute atomic E-state index is 10.9. The Hall–Kier alpha value is -1.85. The fourth-order valence-corrected chi connectivity index (χ4v) is 3.53. The van der Waals surface area contributed by atoms with Crippen molar-refractivity contribution in [1.29, 1.82) is 0 Å². The van der Waals surface area contributed by atoms with Gasteiger partial charge in [-0.05, 0) is 42.2 Å². The van der Waals surface area contributed by atoms with Crippen molar-refractivity contribution < 1.29 is 14.6 Å². The number of methoxy groups -OCH3 is 1. The Bertz CT molecular complexity index is 749. The smallest absolute Gasteiger partial charge is 0.303 e. The summed E-state index contributed by atoms with van der Waals surface area (Å²) in [4.78, 5) is 13.3. The van der Waals surface area contributed by atoms with Crippen molar-refractivity contribution in [2.45, 2.75) is 32.9 Å². The Labute approximate surface area is 136 Å². The second kappa shape index (κ2) is 6.34. The predicted molar refractivity (Wildman–Crippen MR) is 89.6 cm³/mol. The van der Waals surface area contributed by atoms with Crippen LogP contribution in [0.1, 0.15) is 28.8 Å². The lowest BCUT2D eigenvalue weighted by molar-refractivity contribution is -0.136. The highest BCUT2D eigenvalue weighted by molar-refractivity contribution is 5.87. The summed E-state index contributed by atoms with van der Waals surface area (Å²) in [5.74, 6) is -0.742. The molecule has 0 saturated carbocycles. The van der Waals surface area contributed by atoms with Crippen LogP contribution in [0.4, 0.5) is 0 Å². The zero-order valence-corrected chi connectivity index (χ0v) is 14.1. The first-order valence-corrected chi connectivity index (χ1v) is 8.04. The van der Waals surface area contributed by atoms with Gasteiger partial charge in [0.15, 0.2) is 0 Å². The molecular weight excluding hydrogens is 292 g/mol. The van der Waals surface area contributed by atoms with Gasteiger partial charge in [0.1, 0.15) is 0 Å². The fourth-order valence-electron chi connectivity index (χ4n) is 3.53. The normalized spacial score (nSPS) is 14.6. The minimum atomic E-state index is -0.742. The number of carbonyl (C=O) groups is 1. The topological polar surface area (TPSA) is 54.7 Å². The lowest BCUT2D eigenvalue weighted by Gasteiger charge is -2.13. The van der Waals surface area contributed by atoms with E-state index in [1.807, 2.05) is 0 Å². The molecule has 1 aromatic heterocycles. The van der Waals surface area contributed by atoms with Crippen LogP contribution in [0.15, 0.2) is 12.1 Å². The summed E-state index contributed by atoms with van der Waals surface area (Å²) in [6.45, 7) is 5.67. The van der Waals surface area contributed by atoms with Crippen LogP contribution in [0.3, 0.4) is 0 Å². The van der Waals surface area contributed by atoms with Gasteiger partial charge in [-0.25, -0.2) is 0 Å². The number of aromatic nitrogens is 1. The van der Waals surface area contributed by atoms with Gasteiger partial charge in [-0.15, -0.1) is 0 Å². The fraction of sp³-hybridized carbons (Fsp3) is 0.500. The van der Waals surface area contributed by atoms with E-state index in [1.54, 1.807) is 7.11 Å². The number of carboxylic acid groups (broad SMARTS) is 1. The maximum Gasteiger partial charge on any atom is 0.303 e. The molecule has 0 spiro atoms. The number of aliphatic carboxylic acids is 1. The molecule has 5 heteroatoms. The molecule has 1 aliphatic heterocycles. The quantitative estimate of drug-likeness (QED) is 0.889. The van der Waals surface area contributed by atoms with Crippen molar-refractivity contribution in [1.82, 2.24) is 9.47 Å². The molecule has 0 bridgehead atoms. The van der Waals surface area contributed by atoms with E-state index < -0.39 is 5.97 Å². The third-order valence-electron chi connectivity index (χ3n) is 4.93. The Morgan fingerprint density at radius 1 is 1.30 bits per heavy atom. The molecular formula is C18H24N2O3. The van der Waals surface area contributed by atoms with Gasteiger partial charge in [-0.1, -0.05) is 0 Å². The number of fused-ring (bicyclic) bond motifs is 2. The van der Waals surface area contributed by atoms with Crippen LogP contribution in [0.25, 0.3) is 10.9 Å². The molecule has 0 aliphatic carbocycles. The molecule has 1 N–H and O–H groups in total. The molecule has 2 aromatic rings. The lowest BCUT2D eigenvalue weighted by Crippen LogP contribution is -2.21. The van der Waals surface area contributed by atoms with Gasteiger partial charge in [0.05, 0.1) is 6.61 Å². The summed E-state index contributed by atoms with van der Waals surface area (Å²) in [5.41, 5.74) is 6.27. The van der Waals surface area contributed by atoms with Gasteiger partial charge in [0.2, 0.25) is 0 Å². The SMILES string of the molecule is COCCN1Cc2cc3c(CCC(=O)O)c(C)n(C)c3cc2C1. The molecule has 2 heterocycles. The van der Waals surface area contributed by atoms with Crippen LogP contribution in [-0.2, 0) is 36.1 Å². The molecule has 124 valence electrons. The van der Waals surface area contributed by atoms with E-state index >= 15 is 0 Å². The first-order valence-electron chi connectivity index (χ1n) is 8.04. The van der Waals surface area contributed by atoms with Crippen molar-refractivity contribution in [3.05, 3.63) is 34.5 Å². The van der Waals surface area contributed by atoms with Crippen molar-refractivity contribution >= 4 is 16.9 Å². The van der Waals surface area contributed by atoms with E-state index in [-0.39, 0.29) is 6.42 Å². The van der Waals surface area contributed by atoms with Crippen LogP contribution < -0.4 is 0 Å². The minimum Gasteiger partial charge on any atom is -0.481 e. The summed E-state index contributed by atoms with van der Waals surface area (Å²) in [7, 11) is 3.79. The molecule has 0 fully saturated rings. The number of nitrogens with zero attached hydrogens (tertiary/aromatic N) is 2. The number of ether oxygens (including phenoxy) is 1. The summed E-state index contributed by atoms with van der Waals surface area (Å²) in [6, 6.07) is 4.54. The number of aryl methyl sites for hydroxylation is 2. The highest BCUT2D eigenvalue weighted by atomic mass is 16.5. The third kappa shape index (κ3) is 2.99. The van der Waals surface area contributed by atoms with Gasteiger partial charge in [-0.3, -0.25) is 9.69 Å². The van der Waals surface area contributed by atoms with E-state index in [1.165, 1.54) is 33.3 Å². The van der Waals surface area contributed by atoms with Crippen LogP contribution >= 0.6 is 0 Å². The largest absolute Gasteiger partial charge is 0.481 e. The highest BCUT2D eigenvalue weighted by Crippen LogP contribution is 2.32. The molecule has 23 heavy (non-hydrogen) atoms. The number of benzene rings is 1. The second-order valence-corrected chi connectivity index (χ2v) is 6.36. The highest BCUT2D eigenvalue weighted by Gasteiger charge is 2.22. The van der Waals surface area contributed by atoms with Crippen LogP contribution in [0, 0.1) is 6.92 Å². The number of hydrogen-bond donors (Lipinski definition) is 1. The van der Waals surface area contributed by atoms with Crippen molar-refractivity contribution in [3.63, 3.8) is 0 Å². The van der Waals surface area contributed by atoms with E-state index in [0.717, 1.165) is 26.2 Å². The van der Waals surface area contributed by atoms with Gasteiger partial charge >= 0.3 is 5.97 Å². The maximum atomic E-state index is 10.9. The van der Waals surface area contributed by atoms with Gasteiger partial charge in [0, 0.05) is 56.8 Å². The number of rotatable bonds is 6. The molecule has 0 saturated heterocycles. The Kier molecular flexibility index (Phi) is 4.41. The predicted octanol–water partition coefficient (Wildman–Crippen LogP) is 2.47. The molecule has 0 amide bonds. The first-order chi connectivity index (χ1) is 11.0. The zero-order valence-electron chi connectivity index (χ0n) is 14.1. The number of hydrogen-bond acceptors (Lipinski definition) is 3. The molecule has 1 aromatic carbocycles.